The van der Waals surface area contributed by atoms with Crippen molar-refractivity contribution >= 4 is 15.9 Å². The fourth-order valence-corrected chi connectivity index (χ4v) is 1.94. The summed E-state index contributed by atoms with van der Waals surface area (Å²) in [5.74, 6) is 0.687. The number of rotatable bonds is 5. The molecule has 1 nitrogen and oxygen atoms in total. The highest BCUT2D eigenvalue weighted by Gasteiger charge is 2.10. The summed E-state index contributed by atoms with van der Waals surface area (Å²) in [6.07, 6.45) is 1.09. The highest BCUT2D eigenvalue weighted by molar-refractivity contribution is 9.10. The molecule has 90 valence electrons. The van der Waals surface area contributed by atoms with Crippen LogP contribution in [0.25, 0.3) is 0 Å². The first-order valence-electron chi connectivity index (χ1n) is 5.99. The maximum absolute atomic E-state index is 3.63. The highest BCUT2D eigenvalue weighted by atomic mass is 79.9. The topological polar surface area (TPSA) is 12.0 Å². The smallest absolute Gasteiger partial charge is 0.0175 e. The predicted molar refractivity (Wildman–Crippen MR) is 74.7 cm³/mol. The number of benzene rings is 1. The second kappa shape index (κ2) is 6.41. The van der Waals surface area contributed by atoms with Crippen molar-refractivity contribution in [2.75, 3.05) is 0 Å². The molecule has 0 amide bonds. The minimum absolute atomic E-state index is 0.526. The molecule has 0 aliphatic rings. The summed E-state index contributed by atoms with van der Waals surface area (Å²) in [5.41, 5.74) is 1.39. The molecular weight excluding hydrogens is 262 g/mol. The van der Waals surface area contributed by atoms with Crippen LogP contribution in [0.3, 0.4) is 0 Å². The molecule has 1 aromatic rings. The van der Waals surface area contributed by atoms with Crippen LogP contribution >= 0.6 is 15.9 Å². The van der Waals surface area contributed by atoms with Crippen LogP contribution in [0.1, 0.15) is 33.3 Å². The van der Waals surface area contributed by atoms with Gasteiger partial charge in [-0.05, 0) is 43.9 Å². The second-order valence-electron chi connectivity index (χ2n) is 4.93. The van der Waals surface area contributed by atoms with Crippen molar-refractivity contribution in [2.24, 2.45) is 5.92 Å². The number of hydrogen-bond donors (Lipinski definition) is 1. The van der Waals surface area contributed by atoms with E-state index < -0.39 is 0 Å². The molecule has 2 heteroatoms. The first-order valence-corrected chi connectivity index (χ1v) is 6.79. The Hall–Kier alpha value is -0.340. The zero-order valence-electron chi connectivity index (χ0n) is 10.6. The van der Waals surface area contributed by atoms with Gasteiger partial charge in [-0.25, -0.2) is 0 Å². The Bertz CT molecular complexity index is 305. The van der Waals surface area contributed by atoms with E-state index in [1.54, 1.807) is 0 Å². The third-order valence-corrected chi connectivity index (χ3v) is 3.53. The zero-order valence-corrected chi connectivity index (χ0v) is 12.2. The minimum atomic E-state index is 0.526. The highest BCUT2D eigenvalue weighted by Crippen LogP contribution is 2.12. The summed E-state index contributed by atoms with van der Waals surface area (Å²) in [5, 5.41) is 3.63. The first-order chi connectivity index (χ1) is 7.49. The average molecular weight is 284 g/mol. The molecule has 1 aromatic carbocycles. The van der Waals surface area contributed by atoms with E-state index in [4.69, 9.17) is 0 Å². The van der Waals surface area contributed by atoms with Gasteiger partial charge in [0.1, 0.15) is 0 Å². The van der Waals surface area contributed by atoms with Crippen LogP contribution < -0.4 is 5.32 Å². The minimum Gasteiger partial charge on any atom is -0.311 e. The van der Waals surface area contributed by atoms with E-state index in [-0.39, 0.29) is 0 Å². The molecule has 0 radical (unpaired) electrons. The van der Waals surface area contributed by atoms with E-state index in [0.717, 1.165) is 10.9 Å². The monoisotopic (exact) mass is 283 g/mol. The average Bonchev–Trinajstić information content (AvgIpc) is 2.21. The lowest BCUT2D eigenvalue weighted by Crippen LogP contribution is -2.38. The van der Waals surface area contributed by atoms with Gasteiger partial charge in [0.25, 0.3) is 0 Å². The van der Waals surface area contributed by atoms with Gasteiger partial charge in [-0.15, -0.1) is 0 Å². The molecule has 16 heavy (non-hydrogen) atoms. The van der Waals surface area contributed by atoms with Crippen LogP contribution in [-0.4, -0.2) is 12.1 Å². The van der Waals surface area contributed by atoms with E-state index in [9.17, 15) is 0 Å². The van der Waals surface area contributed by atoms with Crippen LogP contribution in [0.5, 0.6) is 0 Å². The Morgan fingerprint density at radius 1 is 1.06 bits per heavy atom. The Labute approximate surface area is 108 Å². The maximum atomic E-state index is 3.63. The SMILES string of the molecule is CC(Cc1ccc(Br)cc1)NC(C)C(C)C. The zero-order chi connectivity index (χ0) is 12.1. The van der Waals surface area contributed by atoms with Crippen molar-refractivity contribution in [1.29, 1.82) is 0 Å². The summed E-state index contributed by atoms with van der Waals surface area (Å²) in [7, 11) is 0. The van der Waals surface area contributed by atoms with Crippen molar-refractivity contribution in [3.05, 3.63) is 34.3 Å². The van der Waals surface area contributed by atoms with Crippen molar-refractivity contribution in [3.63, 3.8) is 0 Å². The van der Waals surface area contributed by atoms with Gasteiger partial charge >= 0.3 is 0 Å². The molecule has 2 unspecified atom stereocenters. The molecule has 2 atom stereocenters. The summed E-state index contributed by atoms with van der Waals surface area (Å²) >= 11 is 3.46. The standard InChI is InChI=1S/C14H22BrN/c1-10(2)12(4)16-11(3)9-13-5-7-14(15)8-6-13/h5-8,10-12,16H,9H2,1-4H3. The van der Waals surface area contributed by atoms with Crippen LogP contribution in [0, 0.1) is 5.92 Å². The molecule has 0 aliphatic heterocycles. The predicted octanol–water partition coefficient (Wildman–Crippen LogP) is 4.01. The molecule has 0 aromatic heterocycles. The van der Waals surface area contributed by atoms with E-state index in [2.05, 4.69) is 73.2 Å². The fraction of sp³-hybridized carbons (Fsp3) is 0.571. The molecule has 0 saturated heterocycles. The number of halogens is 1. The van der Waals surface area contributed by atoms with E-state index in [1.165, 1.54) is 5.56 Å². The van der Waals surface area contributed by atoms with Crippen LogP contribution in [0.15, 0.2) is 28.7 Å². The summed E-state index contributed by atoms with van der Waals surface area (Å²) in [6, 6.07) is 9.68. The molecule has 0 aliphatic carbocycles. The normalized spacial score (nSPS) is 15.1. The third kappa shape index (κ3) is 4.67. The quantitative estimate of drug-likeness (QED) is 0.861. The van der Waals surface area contributed by atoms with Crippen molar-refractivity contribution < 1.29 is 0 Å². The second-order valence-corrected chi connectivity index (χ2v) is 5.85. The summed E-state index contributed by atoms with van der Waals surface area (Å²) in [4.78, 5) is 0. The maximum Gasteiger partial charge on any atom is 0.0175 e. The molecule has 1 rings (SSSR count). The lowest BCUT2D eigenvalue weighted by Gasteiger charge is -2.23. The van der Waals surface area contributed by atoms with Gasteiger partial charge in [-0.3, -0.25) is 0 Å². The summed E-state index contributed by atoms with van der Waals surface area (Å²) in [6.45, 7) is 9.01. The van der Waals surface area contributed by atoms with Crippen molar-refractivity contribution in [1.82, 2.24) is 5.32 Å². The van der Waals surface area contributed by atoms with E-state index >= 15 is 0 Å². The Morgan fingerprint density at radius 3 is 2.12 bits per heavy atom. The van der Waals surface area contributed by atoms with Crippen molar-refractivity contribution in [3.8, 4) is 0 Å². The van der Waals surface area contributed by atoms with E-state index in [0.29, 0.717) is 18.0 Å². The lowest BCUT2D eigenvalue weighted by molar-refractivity contribution is 0.382. The molecule has 1 N–H and O–H groups in total. The van der Waals surface area contributed by atoms with Crippen LogP contribution in [0.4, 0.5) is 0 Å². The lowest BCUT2D eigenvalue weighted by atomic mass is 10.0. The molecular formula is C14H22BrN. The Balaban J connectivity index is 2.45. The summed E-state index contributed by atoms with van der Waals surface area (Å²) < 4.78 is 1.15. The molecule has 0 heterocycles. The number of nitrogens with one attached hydrogen (secondary N) is 1. The first kappa shape index (κ1) is 13.7. The van der Waals surface area contributed by atoms with Gasteiger partial charge in [0, 0.05) is 16.6 Å². The number of hydrogen-bond acceptors (Lipinski definition) is 1. The van der Waals surface area contributed by atoms with Gasteiger partial charge in [-0.1, -0.05) is 41.9 Å². The molecule has 0 fully saturated rings. The third-order valence-electron chi connectivity index (χ3n) is 3.00. The van der Waals surface area contributed by atoms with Crippen LogP contribution in [0.2, 0.25) is 0 Å². The van der Waals surface area contributed by atoms with Gasteiger partial charge < -0.3 is 5.32 Å². The van der Waals surface area contributed by atoms with Gasteiger partial charge in [0.2, 0.25) is 0 Å². The molecule has 0 spiro atoms. The van der Waals surface area contributed by atoms with Crippen molar-refractivity contribution in [2.45, 2.75) is 46.2 Å². The van der Waals surface area contributed by atoms with Gasteiger partial charge in [0.05, 0.1) is 0 Å². The van der Waals surface area contributed by atoms with Gasteiger partial charge in [-0.2, -0.15) is 0 Å². The van der Waals surface area contributed by atoms with E-state index in [1.807, 2.05) is 0 Å². The largest absolute Gasteiger partial charge is 0.311 e. The van der Waals surface area contributed by atoms with Gasteiger partial charge in [0.15, 0.2) is 0 Å². The van der Waals surface area contributed by atoms with Crippen LogP contribution in [-0.2, 0) is 6.42 Å². The fourth-order valence-electron chi connectivity index (χ4n) is 1.67. The molecule has 0 bridgehead atoms. The molecule has 0 saturated carbocycles. The Morgan fingerprint density at radius 2 is 1.62 bits per heavy atom. The Kier molecular flexibility index (Phi) is 5.50.